The van der Waals surface area contributed by atoms with E-state index in [0.717, 1.165) is 38.2 Å². The molecular weight excluding hydrogens is 300 g/mol. The van der Waals surface area contributed by atoms with E-state index in [1.165, 1.54) is 0 Å². The molecule has 2 aliphatic heterocycles. The Morgan fingerprint density at radius 1 is 1.00 bits per heavy atom. The minimum absolute atomic E-state index is 0.191. The van der Waals surface area contributed by atoms with Crippen LogP contribution in [0.2, 0.25) is 0 Å². The van der Waals surface area contributed by atoms with Crippen LogP contribution >= 0.6 is 0 Å². The molecule has 2 atom stereocenters. The quantitative estimate of drug-likeness (QED) is 0.457. The van der Waals surface area contributed by atoms with Gasteiger partial charge >= 0.3 is 0 Å². The monoisotopic (exact) mass is 324 g/mol. The third-order valence-electron chi connectivity index (χ3n) is 3.80. The first-order valence-corrected chi connectivity index (χ1v) is 7.98. The average molecular weight is 324 g/mol. The van der Waals surface area contributed by atoms with Gasteiger partial charge in [0.05, 0.1) is 34.0 Å². The second kappa shape index (κ2) is 7.86. The van der Waals surface area contributed by atoms with Crippen LogP contribution in [0.1, 0.15) is 12.0 Å². The molecule has 2 heterocycles. The van der Waals surface area contributed by atoms with Crippen molar-refractivity contribution in [3.8, 4) is 17.2 Å². The maximum Gasteiger partial charge on any atom is 0.203 e. The summed E-state index contributed by atoms with van der Waals surface area (Å²) in [6.07, 6.45) is 2.35. The zero-order chi connectivity index (χ0) is 16.1. The van der Waals surface area contributed by atoms with Crippen LogP contribution in [0.25, 0.3) is 0 Å². The Morgan fingerprint density at radius 2 is 1.61 bits per heavy atom. The Kier molecular flexibility index (Phi) is 5.59. The van der Waals surface area contributed by atoms with Crippen LogP contribution in [0.4, 0.5) is 0 Å². The Bertz CT molecular complexity index is 485. The topological polar surface area (TPSA) is 62.0 Å². The molecule has 1 aromatic carbocycles. The molecule has 0 radical (unpaired) electrons. The van der Waals surface area contributed by atoms with Crippen molar-refractivity contribution in [3.63, 3.8) is 0 Å². The fraction of sp³-hybridized carbons (Fsp3) is 0.647. The van der Waals surface area contributed by atoms with E-state index in [-0.39, 0.29) is 6.10 Å². The molecule has 2 fully saturated rings. The highest BCUT2D eigenvalue weighted by Gasteiger charge is 2.25. The van der Waals surface area contributed by atoms with Crippen LogP contribution in [0.5, 0.6) is 17.2 Å². The molecule has 2 saturated heterocycles. The number of ether oxygens (including phenoxy) is 6. The van der Waals surface area contributed by atoms with Gasteiger partial charge in [0.15, 0.2) is 11.5 Å². The number of methoxy groups -OCH3 is 2. The van der Waals surface area contributed by atoms with Crippen LogP contribution < -0.4 is 14.2 Å². The Labute approximate surface area is 136 Å². The third-order valence-corrected chi connectivity index (χ3v) is 3.80. The standard InChI is InChI=1S/C17H24O6/c1-18-15-6-12(4-3-5-20-8-13-9-21-13)7-16(19-2)17(15)23-11-14-10-22-14/h6-7,13-14H,3-5,8-11H2,1-2H3. The van der Waals surface area contributed by atoms with Gasteiger partial charge < -0.3 is 28.4 Å². The lowest BCUT2D eigenvalue weighted by Gasteiger charge is -2.15. The Morgan fingerprint density at radius 3 is 2.17 bits per heavy atom. The predicted molar refractivity (Wildman–Crippen MR) is 83.7 cm³/mol. The van der Waals surface area contributed by atoms with E-state index in [1.54, 1.807) is 14.2 Å². The number of aryl methyl sites for hydroxylation is 1. The van der Waals surface area contributed by atoms with Crippen LogP contribution in [0, 0.1) is 0 Å². The highest BCUT2D eigenvalue weighted by atomic mass is 16.6. The third kappa shape index (κ3) is 4.99. The summed E-state index contributed by atoms with van der Waals surface area (Å²) >= 11 is 0. The molecule has 0 aromatic heterocycles. The van der Waals surface area contributed by atoms with Gasteiger partial charge in [0.2, 0.25) is 5.75 Å². The van der Waals surface area contributed by atoms with Crippen LogP contribution in [0.3, 0.4) is 0 Å². The van der Waals surface area contributed by atoms with Gasteiger partial charge in [-0.1, -0.05) is 0 Å². The van der Waals surface area contributed by atoms with Crippen molar-refractivity contribution in [1.29, 1.82) is 0 Å². The molecule has 6 heteroatoms. The van der Waals surface area contributed by atoms with Crippen LogP contribution in [0.15, 0.2) is 12.1 Å². The van der Waals surface area contributed by atoms with Crippen molar-refractivity contribution in [2.24, 2.45) is 0 Å². The summed E-state index contributed by atoms with van der Waals surface area (Å²) in [7, 11) is 3.27. The molecule has 2 aliphatic rings. The highest BCUT2D eigenvalue weighted by Crippen LogP contribution is 2.39. The van der Waals surface area contributed by atoms with E-state index < -0.39 is 0 Å². The maximum absolute atomic E-state index is 5.79. The molecule has 0 aliphatic carbocycles. The van der Waals surface area contributed by atoms with E-state index in [0.29, 0.717) is 36.6 Å². The summed E-state index contributed by atoms with van der Waals surface area (Å²) in [5.41, 5.74) is 1.14. The van der Waals surface area contributed by atoms with E-state index in [2.05, 4.69) is 0 Å². The molecule has 3 rings (SSSR count). The van der Waals surface area contributed by atoms with Crippen molar-refractivity contribution < 1.29 is 28.4 Å². The lowest BCUT2D eigenvalue weighted by Crippen LogP contribution is -2.07. The van der Waals surface area contributed by atoms with Gasteiger partial charge in [-0.2, -0.15) is 0 Å². The molecule has 0 amide bonds. The molecule has 0 N–H and O–H groups in total. The Hall–Kier alpha value is -1.50. The molecule has 128 valence electrons. The van der Waals surface area contributed by atoms with Gasteiger partial charge in [-0.15, -0.1) is 0 Å². The number of hydrogen-bond acceptors (Lipinski definition) is 6. The second-order valence-electron chi connectivity index (χ2n) is 5.73. The SMILES string of the molecule is COc1cc(CCCOCC2CO2)cc(OC)c1OCC1CO1. The normalized spacial score (nSPS) is 21.8. The van der Waals surface area contributed by atoms with Gasteiger partial charge in [-0.05, 0) is 30.5 Å². The van der Waals surface area contributed by atoms with Crippen LogP contribution in [-0.2, 0) is 20.6 Å². The fourth-order valence-corrected chi connectivity index (χ4v) is 2.32. The molecule has 6 nitrogen and oxygen atoms in total. The molecule has 23 heavy (non-hydrogen) atoms. The van der Waals surface area contributed by atoms with Crippen molar-refractivity contribution in [1.82, 2.24) is 0 Å². The molecule has 0 saturated carbocycles. The summed E-state index contributed by atoms with van der Waals surface area (Å²) in [5, 5.41) is 0. The first-order chi connectivity index (χ1) is 11.3. The van der Waals surface area contributed by atoms with Gasteiger partial charge in [0, 0.05) is 6.61 Å². The number of hydrogen-bond donors (Lipinski definition) is 0. The lowest BCUT2D eigenvalue weighted by atomic mass is 10.1. The van der Waals surface area contributed by atoms with Gasteiger partial charge in [-0.25, -0.2) is 0 Å². The first kappa shape index (κ1) is 16.4. The molecule has 0 spiro atoms. The van der Waals surface area contributed by atoms with Crippen LogP contribution in [-0.4, -0.2) is 59.5 Å². The number of rotatable bonds is 11. The zero-order valence-corrected chi connectivity index (χ0v) is 13.7. The van der Waals surface area contributed by atoms with Gasteiger partial charge in [0.25, 0.3) is 0 Å². The van der Waals surface area contributed by atoms with E-state index >= 15 is 0 Å². The van der Waals surface area contributed by atoms with E-state index in [4.69, 9.17) is 28.4 Å². The van der Waals surface area contributed by atoms with Gasteiger partial charge in [-0.3, -0.25) is 0 Å². The fourth-order valence-electron chi connectivity index (χ4n) is 2.32. The smallest absolute Gasteiger partial charge is 0.203 e. The first-order valence-electron chi connectivity index (χ1n) is 7.98. The minimum Gasteiger partial charge on any atom is -0.493 e. The van der Waals surface area contributed by atoms with Gasteiger partial charge in [0.1, 0.15) is 18.8 Å². The van der Waals surface area contributed by atoms with Crippen molar-refractivity contribution in [2.45, 2.75) is 25.0 Å². The minimum atomic E-state index is 0.191. The summed E-state index contributed by atoms with van der Waals surface area (Å²) in [5.74, 6) is 2.01. The van der Waals surface area contributed by atoms with E-state index in [9.17, 15) is 0 Å². The lowest BCUT2D eigenvalue weighted by molar-refractivity contribution is 0.114. The zero-order valence-electron chi connectivity index (χ0n) is 13.7. The summed E-state index contributed by atoms with van der Waals surface area (Å²) < 4.78 is 32.5. The maximum atomic E-state index is 5.79. The second-order valence-corrected chi connectivity index (χ2v) is 5.73. The summed E-state index contributed by atoms with van der Waals surface area (Å²) in [4.78, 5) is 0. The Balaban J connectivity index is 1.55. The average Bonchev–Trinajstić information content (AvgIpc) is 3.46. The summed E-state index contributed by atoms with van der Waals surface area (Å²) in [6.45, 7) is 3.53. The number of epoxide rings is 2. The molecule has 2 unspecified atom stereocenters. The summed E-state index contributed by atoms with van der Waals surface area (Å²) in [6, 6.07) is 3.99. The molecule has 1 aromatic rings. The van der Waals surface area contributed by atoms with Crippen molar-refractivity contribution in [3.05, 3.63) is 17.7 Å². The predicted octanol–water partition coefficient (Wildman–Crippen LogP) is 1.83. The van der Waals surface area contributed by atoms with Crippen molar-refractivity contribution in [2.75, 3.05) is 47.3 Å². The number of benzene rings is 1. The molecular formula is C17H24O6. The largest absolute Gasteiger partial charge is 0.493 e. The van der Waals surface area contributed by atoms with E-state index in [1.807, 2.05) is 12.1 Å². The molecule has 0 bridgehead atoms. The van der Waals surface area contributed by atoms with Crippen molar-refractivity contribution >= 4 is 0 Å². The highest BCUT2D eigenvalue weighted by molar-refractivity contribution is 5.54.